The van der Waals surface area contributed by atoms with Crippen LogP contribution in [-0.2, 0) is 0 Å². The fraction of sp³-hybridized carbons (Fsp3) is 0. The van der Waals surface area contributed by atoms with Gasteiger partial charge in [0, 0.05) is 0 Å². The van der Waals surface area contributed by atoms with Gasteiger partial charge in [-0.1, -0.05) is 46.9 Å². The van der Waals surface area contributed by atoms with Gasteiger partial charge in [-0.15, -0.1) is 0 Å². The van der Waals surface area contributed by atoms with Crippen molar-refractivity contribution in [3.63, 3.8) is 0 Å². The number of rotatable bonds is 2. The Morgan fingerprint density at radius 1 is 0.833 bits per heavy atom. The Kier molecular flexibility index (Phi) is 3.81. The summed E-state index contributed by atoms with van der Waals surface area (Å²) in [5.41, 5.74) is 1.67. The Labute approximate surface area is 119 Å². The number of carboxylic acid groups (broad SMARTS) is 1. The van der Waals surface area contributed by atoms with Crippen LogP contribution in [0.3, 0.4) is 0 Å². The third-order valence-corrected chi connectivity index (χ3v) is 3.50. The molecular formula is C13H7Cl3O2. The monoisotopic (exact) mass is 300 g/mol. The fourth-order valence-corrected chi connectivity index (χ4v) is 2.10. The first-order chi connectivity index (χ1) is 8.49. The Bertz CT molecular complexity index is 624. The van der Waals surface area contributed by atoms with Crippen LogP contribution in [0.1, 0.15) is 10.4 Å². The van der Waals surface area contributed by atoms with Gasteiger partial charge in [-0.25, -0.2) is 4.79 Å². The van der Waals surface area contributed by atoms with Crippen molar-refractivity contribution in [2.45, 2.75) is 0 Å². The minimum Gasteiger partial charge on any atom is -0.478 e. The lowest BCUT2D eigenvalue weighted by Crippen LogP contribution is -1.97. The van der Waals surface area contributed by atoms with Crippen LogP contribution in [0.25, 0.3) is 11.1 Å². The molecule has 0 aromatic heterocycles. The predicted octanol–water partition coefficient (Wildman–Crippen LogP) is 5.01. The maximum atomic E-state index is 10.8. The predicted molar refractivity (Wildman–Crippen MR) is 73.9 cm³/mol. The van der Waals surface area contributed by atoms with Gasteiger partial charge in [-0.3, -0.25) is 0 Å². The Morgan fingerprint density at radius 3 is 1.89 bits per heavy atom. The van der Waals surface area contributed by atoms with Gasteiger partial charge < -0.3 is 5.11 Å². The van der Waals surface area contributed by atoms with E-state index < -0.39 is 5.97 Å². The first kappa shape index (κ1) is 13.2. The van der Waals surface area contributed by atoms with Gasteiger partial charge >= 0.3 is 5.97 Å². The van der Waals surface area contributed by atoms with Gasteiger partial charge in [0.1, 0.15) is 0 Å². The van der Waals surface area contributed by atoms with Crippen molar-refractivity contribution in [2.24, 2.45) is 0 Å². The molecule has 0 fully saturated rings. The molecule has 0 aliphatic rings. The number of hydrogen-bond acceptors (Lipinski definition) is 1. The molecule has 18 heavy (non-hydrogen) atoms. The van der Waals surface area contributed by atoms with Crippen molar-refractivity contribution in [3.8, 4) is 11.1 Å². The highest BCUT2D eigenvalue weighted by molar-refractivity contribution is 6.42. The van der Waals surface area contributed by atoms with E-state index in [1.165, 1.54) is 6.07 Å². The molecule has 0 unspecified atom stereocenters. The SMILES string of the molecule is O=C(O)c1ccc(-c2ccc(Cl)c(Cl)c2)cc1Cl. The summed E-state index contributed by atoms with van der Waals surface area (Å²) in [6.45, 7) is 0. The highest BCUT2D eigenvalue weighted by Gasteiger charge is 2.10. The van der Waals surface area contributed by atoms with Crippen molar-refractivity contribution in [2.75, 3.05) is 0 Å². The second-order valence-corrected chi connectivity index (χ2v) is 4.85. The summed E-state index contributed by atoms with van der Waals surface area (Å²) < 4.78 is 0. The molecule has 5 heteroatoms. The van der Waals surface area contributed by atoms with Crippen molar-refractivity contribution < 1.29 is 9.90 Å². The summed E-state index contributed by atoms with van der Waals surface area (Å²) in [6, 6.07) is 9.90. The lowest BCUT2D eigenvalue weighted by atomic mass is 10.0. The number of aromatic carboxylic acids is 1. The van der Waals surface area contributed by atoms with Crippen LogP contribution in [0.4, 0.5) is 0 Å². The molecule has 0 aliphatic heterocycles. The third-order valence-electron chi connectivity index (χ3n) is 2.45. The molecule has 0 amide bonds. The molecule has 0 spiro atoms. The van der Waals surface area contributed by atoms with Crippen LogP contribution in [0.2, 0.25) is 15.1 Å². The van der Waals surface area contributed by atoms with Gasteiger partial charge in [0.2, 0.25) is 0 Å². The lowest BCUT2D eigenvalue weighted by Gasteiger charge is -2.06. The topological polar surface area (TPSA) is 37.3 Å². The largest absolute Gasteiger partial charge is 0.478 e. The molecule has 92 valence electrons. The van der Waals surface area contributed by atoms with Crippen LogP contribution in [0.5, 0.6) is 0 Å². The fourth-order valence-electron chi connectivity index (χ4n) is 1.54. The highest BCUT2D eigenvalue weighted by Crippen LogP contribution is 2.30. The molecule has 2 aromatic carbocycles. The summed E-state index contributed by atoms with van der Waals surface area (Å²) in [4.78, 5) is 10.8. The third kappa shape index (κ3) is 2.61. The zero-order valence-electron chi connectivity index (χ0n) is 8.95. The molecule has 1 N–H and O–H groups in total. The molecule has 0 saturated carbocycles. The van der Waals surface area contributed by atoms with Gasteiger partial charge in [0.05, 0.1) is 20.6 Å². The standard InChI is InChI=1S/C13H7Cl3O2/c14-10-4-2-8(6-12(10)16)7-1-3-9(13(17)18)11(15)5-7/h1-6H,(H,17,18). The van der Waals surface area contributed by atoms with E-state index in [0.717, 1.165) is 11.1 Å². The van der Waals surface area contributed by atoms with E-state index >= 15 is 0 Å². The molecule has 2 rings (SSSR count). The molecule has 0 atom stereocenters. The minimum atomic E-state index is -1.05. The minimum absolute atomic E-state index is 0.0699. The molecule has 0 radical (unpaired) electrons. The highest BCUT2D eigenvalue weighted by atomic mass is 35.5. The first-order valence-electron chi connectivity index (χ1n) is 4.97. The van der Waals surface area contributed by atoms with Crippen LogP contribution in [0.15, 0.2) is 36.4 Å². The molecule has 2 nitrogen and oxygen atoms in total. The summed E-state index contributed by atoms with van der Waals surface area (Å²) in [5, 5.41) is 9.97. The van der Waals surface area contributed by atoms with Gasteiger partial charge in [0.25, 0.3) is 0 Å². The molecule has 0 bridgehead atoms. The lowest BCUT2D eigenvalue weighted by molar-refractivity contribution is 0.0697. The smallest absolute Gasteiger partial charge is 0.337 e. The maximum absolute atomic E-state index is 10.8. The summed E-state index contributed by atoms with van der Waals surface area (Å²) in [7, 11) is 0. The normalized spacial score (nSPS) is 10.4. The molecule has 0 aliphatic carbocycles. The number of hydrogen-bond donors (Lipinski definition) is 1. The van der Waals surface area contributed by atoms with Crippen LogP contribution in [-0.4, -0.2) is 11.1 Å². The zero-order valence-corrected chi connectivity index (χ0v) is 11.2. The number of carbonyl (C=O) groups is 1. The molecule has 0 saturated heterocycles. The van der Waals surface area contributed by atoms with Gasteiger partial charge in [-0.2, -0.15) is 0 Å². The maximum Gasteiger partial charge on any atom is 0.337 e. The van der Waals surface area contributed by atoms with E-state index in [1.54, 1.807) is 30.3 Å². The Balaban J connectivity index is 2.48. The molecule has 2 aromatic rings. The van der Waals surface area contributed by atoms with E-state index in [1.807, 2.05) is 0 Å². The average molecular weight is 302 g/mol. The van der Waals surface area contributed by atoms with Gasteiger partial charge in [-0.05, 0) is 35.4 Å². The van der Waals surface area contributed by atoms with Crippen LogP contribution < -0.4 is 0 Å². The molecule has 0 heterocycles. The van der Waals surface area contributed by atoms with Crippen molar-refractivity contribution in [1.29, 1.82) is 0 Å². The number of carboxylic acids is 1. The van der Waals surface area contributed by atoms with E-state index in [0.29, 0.717) is 10.0 Å². The van der Waals surface area contributed by atoms with Crippen LogP contribution >= 0.6 is 34.8 Å². The summed E-state index contributed by atoms with van der Waals surface area (Å²) in [6.07, 6.45) is 0. The van der Waals surface area contributed by atoms with E-state index in [2.05, 4.69) is 0 Å². The Hall–Kier alpha value is -1.22. The number of halogens is 3. The molecular weight excluding hydrogens is 294 g/mol. The summed E-state index contributed by atoms with van der Waals surface area (Å²) in [5.74, 6) is -1.05. The quantitative estimate of drug-likeness (QED) is 0.846. The second kappa shape index (κ2) is 5.19. The van der Waals surface area contributed by atoms with E-state index in [4.69, 9.17) is 39.9 Å². The zero-order chi connectivity index (χ0) is 13.3. The van der Waals surface area contributed by atoms with Crippen molar-refractivity contribution in [3.05, 3.63) is 57.0 Å². The van der Waals surface area contributed by atoms with Crippen molar-refractivity contribution >= 4 is 40.8 Å². The Morgan fingerprint density at radius 2 is 1.39 bits per heavy atom. The second-order valence-electron chi connectivity index (χ2n) is 3.63. The van der Waals surface area contributed by atoms with Crippen LogP contribution in [0, 0.1) is 0 Å². The summed E-state index contributed by atoms with van der Waals surface area (Å²) >= 11 is 17.7. The van der Waals surface area contributed by atoms with E-state index in [9.17, 15) is 4.79 Å². The average Bonchev–Trinajstić information content (AvgIpc) is 2.32. The number of benzene rings is 2. The van der Waals surface area contributed by atoms with E-state index in [-0.39, 0.29) is 10.6 Å². The van der Waals surface area contributed by atoms with Crippen molar-refractivity contribution in [1.82, 2.24) is 0 Å². The van der Waals surface area contributed by atoms with Gasteiger partial charge in [0.15, 0.2) is 0 Å². The first-order valence-corrected chi connectivity index (χ1v) is 6.10.